The molecule has 0 saturated carbocycles. The summed E-state index contributed by atoms with van der Waals surface area (Å²) in [6.45, 7) is 5.93. The number of benzene rings is 1. The summed E-state index contributed by atoms with van der Waals surface area (Å²) >= 11 is 0. The van der Waals surface area contributed by atoms with Gasteiger partial charge in [-0.05, 0) is 24.5 Å². The van der Waals surface area contributed by atoms with Crippen LogP contribution in [0, 0.1) is 12.8 Å². The van der Waals surface area contributed by atoms with Gasteiger partial charge in [0.05, 0.1) is 12.5 Å². The first-order chi connectivity index (χ1) is 9.88. The Morgan fingerprint density at radius 3 is 2.48 bits per heavy atom. The molecule has 0 heterocycles. The van der Waals surface area contributed by atoms with Crippen LogP contribution < -0.4 is 10.6 Å². The van der Waals surface area contributed by atoms with Crippen molar-refractivity contribution in [1.29, 1.82) is 0 Å². The molecule has 0 fully saturated rings. The van der Waals surface area contributed by atoms with Gasteiger partial charge in [0, 0.05) is 12.2 Å². The predicted molar refractivity (Wildman–Crippen MR) is 83.2 cm³/mol. The van der Waals surface area contributed by atoms with E-state index in [0.29, 0.717) is 0 Å². The zero-order valence-electron chi connectivity index (χ0n) is 12.9. The van der Waals surface area contributed by atoms with Crippen molar-refractivity contribution in [3.8, 4) is 0 Å². The van der Waals surface area contributed by atoms with E-state index in [9.17, 15) is 9.59 Å². The zero-order valence-corrected chi connectivity index (χ0v) is 12.9. The van der Waals surface area contributed by atoms with Crippen LogP contribution in [0.2, 0.25) is 0 Å². The van der Waals surface area contributed by atoms with E-state index < -0.39 is 12.0 Å². The molecule has 0 aliphatic carbocycles. The first-order valence-electron chi connectivity index (χ1n) is 7.22. The third kappa shape index (κ3) is 4.56. The Bertz CT molecular complexity index is 502. The second kappa shape index (κ2) is 7.78. The Morgan fingerprint density at radius 1 is 1.33 bits per heavy atom. The van der Waals surface area contributed by atoms with Gasteiger partial charge < -0.3 is 15.7 Å². The lowest BCUT2D eigenvalue weighted by atomic mass is 9.98. The van der Waals surface area contributed by atoms with Crippen LogP contribution in [0.3, 0.4) is 0 Å². The van der Waals surface area contributed by atoms with Crippen molar-refractivity contribution in [3.05, 3.63) is 29.8 Å². The minimum Gasteiger partial charge on any atom is -0.481 e. The highest BCUT2D eigenvalue weighted by atomic mass is 16.4. The van der Waals surface area contributed by atoms with Crippen molar-refractivity contribution in [2.24, 2.45) is 11.7 Å². The minimum atomic E-state index is -0.932. The summed E-state index contributed by atoms with van der Waals surface area (Å²) in [5.74, 6) is -1.10. The molecule has 0 unspecified atom stereocenters. The molecule has 0 bridgehead atoms. The second-order valence-corrected chi connectivity index (χ2v) is 5.33. The van der Waals surface area contributed by atoms with Crippen molar-refractivity contribution >= 4 is 17.6 Å². The van der Waals surface area contributed by atoms with Crippen molar-refractivity contribution in [2.45, 2.75) is 39.7 Å². The standard InChI is InChI=1S/C16H24N2O3/c1-4-11(2)15(17)16(21)18(10-9-14(19)20)13-8-6-5-7-12(13)3/h5-8,11,15H,4,9-10,17H2,1-3H3,(H,19,20)/t11-,15-/m0/s1. The van der Waals surface area contributed by atoms with E-state index in [2.05, 4.69) is 0 Å². The molecule has 5 nitrogen and oxygen atoms in total. The van der Waals surface area contributed by atoms with Gasteiger partial charge >= 0.3 is 5.97 Å². The maximum absolute atomic E-state index is 12.6. The van der Waals surface area contributed by atoms with E-state index in [4.69, 9.17) is 10.8 Å². The molecular formula is C16H24N2O3. The number of para-hydroxylation sites is 1. The van der Waals surface area contributed by atoms with Gasteiger partial charge in [-0.1, -0.05) is 38.5 Å². The minimum absolute atomic E-state index is 0.0499. The number of hydrogen-bond acceptors (Lipinski definition) is 3. The van der Waals surface area contributed by atoms with E-state index in [-0.39, 0.29) is 24.8 Å². The summed E-state index contributed by atoms with van der Waals surface area (Å²) in [5, 5.41) is 8.89. The number of carbonyl (C=O) groups excluding carboxylic acids is 1. The van der Waals surface area contributed by atoms with Crippen LogP contribution >= 0.6 is 0 Å². The van der Waals surface area contributed by atoms with Crippen molar-refractivity contribution < 1.29 is 14.7 Å². The number of hydrogen-bond donors (Lipinski definition) is 2. The van der Waals surface area contributed by atoms with Crippen LogP contribution in [0.15, 0.2) is 24.3 Å². The lowest BCUT2D eigenvalue weighted by molar-refractivity contribution is -0.136. The van der Waals surface area contributed by atoms with Crippen molar-refractivity contribution in [2.75, 3.05) is 11.4 Å². The lowest BCUT2D eigenvalue weighted by Gasteiger charge is -2.29. The van der Waals surface area contributed by atoms with E-state index in [0.717, 1.165) is 17.7 Å². The Balaban J connectivity index is 3.05. The van der Waals surface area contributed by atoms with Crippen molar-refractivity contribution in [1.82, 2.24) is 0 Å². The van der Waals surface area contributed by atoms with Gasteiger partial charge in [0.2, 0.25) is 5.91 Å². The second-order valence-electron chi connectivity index (χ2n) is 5.33. The molecule has 1 rings (SSSR count). The highest BCUT2D eigenvalue weighted by Gasteiger charge is 2.27. The average Bonchev–Trinajstić information content (AvgIpc) is 2.46. The third-order valence-electron chi connectivity index (χ3n) is 3.76. The molecule has 3 N–H and O–H groups in total. The molecular weight excluding hydrogens is 268 g/mol. The number of nitrogens with two attached hydrogens (primary N) is 1. The van der Waals surface area contributed by atoms with Gasteiger partial charge in [-0.15, -0.1) is 0 Å². The smallest absolute Gasteiger partial charge is 0.305 e. The van der Waals surface area contributed by atoms with Crippen LogP contribution in [-0.4, -0.2) is 29.6 Å². The SMILES string of the molecule is CC[C@H](C)[C@H](N)C(=O)N(CCC(=O)O)c1ccccc1C. The molecule has 5 heteroatoms. The molecule has 1 aromatic carbocycles. The molecule has 1 aromatic rings. The van der Waals surface area contributed by atoms with Crippen LogP contribution in [0.25, 0.3) is 0 Å². The van der Waals surface area contributed by atoms with Gasteiger partial charge in [0.1, 0.15) is 0 Å². The average molecular weight is 292 g/mol. The lowest BCUT2D eigenvalue weighted by Crippen LogP contribution is -2.48. The van der Waals surface area contributed by atoms with E-state index in [1.54, 1.807) is 0 Å². The molecule has 0 radical (unpaired) electrons. The predicted octanol–water partition coefficient (Wildman–Crippen LogP) is 2.18. The fourth-order valence-corrected chi connectivity index (χ4v) is 2.10. The maximum Gasteiger partial charge on any atom is 0.305 e. The molecule has 0 spiro atoms. The van der Waals surface area contributed by atoms with Gasteiger partial charge in [-0.25, -0.2) is 0 Å². The molecule has 0 aliphatic rings. The largest absolute Gasteiger partial charge is 0.481 e. The molecule has 0 aromatic heterocycles. The fourth-order valence-electron chi connectivity index (χ4n) is 2.10. The summed E-state index contributed by atoms with van der Waals surface area (Å²) in [4.78, 5) is 25.0. The Hall–Kier alpha value is -1.88. The van der Waals surface area contributed by atoms with Gasteiger partial charge in [-0.2, -0.15) is 0 Å². The number of aryl methyl sites for hydroxylation is 1. The zero-order chi connectivity index (χ0) is 16.0. The van der Waals surface area contributed by atoms with E-state index in [1.807, 2.05) is 45.0 Å². The molecule has 21 heavy (non-hydrogen) atoms. The van der Waals surface area contributed by atoms with Crippen LogP contribution in [0.1, 0.15) is 32.3 Å². The third-order valence-corrected chi connectivity index (χ3v) is 3.76. The van der Waals surface area contributed by atoms with Gasteiger partial charge in [-0.3, -0.25) is 9.59 Å². The maximum atomic E-state index is 12.6. The van der Waals surface area contributed by atoms with Crippen molar-refractivity contribution in [3.63, 3.8) is 0 Å². The number of carboxylic acids is 1. The number of anilines is 1. The molecule has 116 valence electrons. The number of nitrogens with zero attached hydrogens (tertiary/aromatic N) is 1. The summed E-state index contributed by atoms with van der Waals surface area (Å²) in [5.41, 5.74) is 7.68. The molecule has 1 amide bonds. The molecule has 2 atom stereocenters. The number of rotatable bonds is 7. The van der Waals surface area contributed by atoms with E-state index in [1.165, 1.54) is 4.90 Å². The van der Waals surface area contributed by atoms with Gasteiger partial charge in [0.15, 0.2) is 0 Å². The summed E-state index contributed by atoms with van der Waals surface area (Å²) in [6.07, 6.45) is 0.695. The normalized spacial score (nSPS) is 13.5. The Morgan fingerprint density at radius 2 is 1.95 bits per heavy atom. The first kappa shape index (κ1) is 17.2. The topological polar surface area (TPSA) is 83.6 Å². The number of amides is 1. The monoisotopic (exact) mass is 292 g/mol. The summed E-state index contributed by atoms with van der Waals surface area (Å²) < 4.78 is 0. The van der Waals surface area contributed by atoms with Crippen LogP contribution in [0.5, 0.6) is 0 Å². The fraction of sp³-hybridized carbons (Fsp3) is 0.500. The summed E-state index contributed by atoms with van der Waals surface area (Å²) in [6, 6.07) is 6.80. The van der Waals surface area contributed by atoms with Gasteiger partial charge in [0.25, 0.3) is 0 Å². The Kier molecular flexibility index (Phi) is 6.37. The Labute approximate surface area is 125 Å². The highest BCUT2D eigenvalue weighted by Crippen LogP contribution is 2.22. The quantitative estimate of drug-likeness (QED) is 0.806. The number of aliphatic carboxylic acids is 1. The molecule has 0 aliphatic heterocycles. The van der Waals surface area contributed by atoms with Crippen LogP contribution in [-0.2, 0) is 9.59 Å². The first-order valence-corrected chi connectivity index (χ1v) is 7.22. The summed E-state index contributed by atoms with van der Waals surface area (Å²) in [7, 11) is 0. The van der Waals surface area contributed by atoms with Crippen LogP contribution in [0.4, 0.5) is 5.69 Å². The highest BCUT2D eigenvalue weighted by molar-refractivity contribution is 5.98. The molecule has 0 saturated heterocycles. The number of carbonyl (C=O) groups is 2. The number of carboxylic acid groups (broad SMARTS) is 1. The van der Waals surface area contributed by atoms with E-state index >= 15 is 0 Å².